The van der Waals surface area contributed by atoms with Gasteiger partial charge in [0, 0.05) is 12.8 Å². The lowest BCUT2D eigenvalue weighted by atomic mass is 10.0. The fraction of sp³-hybridized carbons (Fsp3) is 0.857. The number of rotatable bonds is 37. The number of unbranched alkanes of at least 4 members (excludes halogenated alkanes) is 24. The molecule has 1 unspecified atom stereocenters. The van der Waals surface area contributed by atoms with Crippen molar-refractivity contribution < 1.29 is 19.4 Å². The number of carbonyl (C=O) groups is 2. The van der Waals surface area contributed by atoms with Crippen LogP contribution in [-0.2, 0) is 14.3 Å². The molecule has 4 nitrogen and oxygen atoms in total. The maximum Gasteiger partial charge on any atom is 0.306 e. The van der Waals surface area contributed by atoms with Gasteiger partial charge in [-0.2, -0.15) is 0 Å². The van der Waals surface area contributed by atoms with Crippen molar-refractivity contribution in [2.45, 2.75) is 232 Å². The molecule has 0 rings (SSSR count). The first-order valence-electron chi connectivity index (χ1n) is 20.3. The number of esters is 1. The van der Waals surface area contributed by atoms with Crippen LogP contribution in [0.1, 0.15) is 226 Å². The van der Waals surface area contributed by atoms with Gasteiger partial charge in [-0.3, -0.25) is 9.59 Å². The summed E-state index contributed by atoms with van der Waals surface area (Å²) in [5.74, 6) is -0.683. The van der Waals surface area contributed by atoms with Crippen LogP contribution in [0.2, 0.25) is 0 Å². The van der Waals surface area contributed by atoms with E-state index in [4.69, 9.17) is 9.84 Å². The molecule has 0 bridgehead atoms. The van der Waals surface area contributed by atoms with Crippen molar-refractivity contribution in [3.63, 3.8) is 0 Å². The van der Waals surface area contributed by atoms with Crippen LogP contribution in [0.5, 0.6) is 0 Å². The van der Waals surface area contributed by atoms with Gasteiger partial charge in [0.1, 0.15) is 6.10 Å². The van der Waals surface area contributed by atoms with Crippen LogP contribution in [0.4, 0.5) is 0 Å². The van der Waals surface area contributed by atoms with Crippen molar-refractivity contribution in [3.8, 4) is 0 Å². The molecule has 0 heterocycles. The fourth-order valence-electron chi connectivity index (χ4n) is 6.16. The third-order valence-corrected chi connectivity index (χ3v) is 9.18. The molecule has 1 N–H and O–H groups in total. The minimum atomic E-state index is -0.692. The Bertz CT molecular complexity index is 698. The Kier molecular flexibility index (Phi) is 36.6. The van der Waals surface area contributed by atoms with Gasteiger partial charge >= 0.3 is 11.9 Å². The maximum atomic E-state index is 12.7. The van der Waals surface area contributed by atoms with Gasteiger partial charge in [0.15, 0.2) is 0 Å². The Balaban J connectivity index is 3.92. The molecule has 0 saturated carbocycles. The van der Waals surface area contributed by atoms with Crippen molar-refractivity contribution in [2.75, 3.05) is 0 Å². The van der Waals surface area contributed by atoms with E-state index >= 15 is 0 Å². The highest BCUT2D eigenvalue weighted by molar-refractivity contribution is 5.69. The van der Waals surface area contributed by atoms with Crippen LogP contribution >= 0.6 is 0 Å². The highest BCUT2D eigenvalue weighted by atomic mass is 16.5. The molecule has 0 spiro atoms. The molecule has 0 aromatic heterocycles. The van der Waals surface area contributed by atoms with E-state index in [0.29, 0.717) is 6.42 Å². The Labute approximate surface area is 287 Å². The molecule has 46 heavy (non-hydrogen) atoms. The van der Waals surface area contributed by atoms with Crippen LogP contribution in [0.15, 0.2) is 24.3 Å². The molecule has 1 atom stereocenters. The number of carboxylic acids is 1. The molecule has 4 heteroatoms. The average Bonchev–Trinajstić information content (AvgIpc) is 3.04. The topological polar surface area (TPSA) is 63.6 Å². The predicted octanol–water partition coefficient (Wildman–Crippen LogP) is 14.0. The first kappa shape index (κ1) is 44.4. The molecular weight excluding hydrogens is 568 g/mol. The van der Waals surface area contributed by atoms with Gasteiger partial charge in [0.05, 0.1) is 0 Å². The monoisotopic (exact) mass is 647 g/mol. The molecular formula is C42H78O4. The van der Waals surface area contributed by atoms with Crippen molar-refractivity contribution >= 4 is 11.9 Å². The van der Waals surface area contributed by atoms with Crippen LogP contribution in [-0.4, -0.2) is 23.1 Å². The molecule has 0 aliphatic carbocycles. The predicted molar refractivity (Wildman–Crippen MR) is 200 cm³/mol. The van der Waals surface area contributed by atoms with Crippen molar-refractivity contribution in [1.29, 1.82) is 0 Å². The van der Waals surface area contributed by atoms with Crippen molar-refractivity contribution in [3.05, 3.63) is 24.3 Å². The molecule has 270 valence electrons. The van der Waals surface area contributed by atoms with Gasteiger partial charge in [-0.1, -0.05) is 167 Å². The van der Waals surface area contributed by atoms with Crippen molar-refractivity contribution in [2.24, 2.45) is 0 Å². The number of hydrogen-bond donors (Lipinski definition) is 1. The van der Waals surface area contributed by atoms with E-state index in [1.807, 2.05) is 0 Å². The van der Waals surface area contributed by atoms with Gasteiger partial charge < -0.3 is 9.84 Å². The summed E-state index contributed by atoms with van der Waals surface area (Å²) in [6.07, 6.45) is 47.7. The summed E-state index contributed by atoms with van der Waals surface area (Å²) in [7, 11) is 0. The lowest BCUT2D eigenvalue weighted by Crippen LogP contribution is -2.18. The average molecular weight is 647 g/mol. The zero-order valence-corrected chi connectivity index (χ0v) is 30.9. The van der Waals surface area contributed by atoms with Crippen LogP contribution < -0.4 is 0 Å². The van der Waals surface area contributed by atoms with E-state index in [1.54, 1.807) is 0 Å². The summed E-state index contributed by atoms with van der Waals surface area (Å²) < 4.78 is 6.01. The Morgan fingerprint density at radius 3 is 1.33 bits per heavy atom. The van der Waals surface area contributed by atoms with Crippen LogP contribution in [0.3, 0.4) is 0 Å². The van der Waals surface area contributed by atoms with Crippen molar-refractivity contribution in [1.82, 2.24) is 0 Å². The Morgan fingerprint density at radius 2 is 0.848 bits per heavy atom. The first-order valence-corrected chi connectivity index (χ1v) is 20.3. The second kappa shape index (κ2) is 37.9. The zero-order valence-electron chi connectivity index (χ0n) is 30.9. The molecule has 0 saturated heterocycles. The minimum Gasteiger partial charge on any atom is -0.481 e. The van der Waals surface area contributed by atoms with Crippen LogP contribution in [0.25, 0.3) is 0 Å². The first-order chi connectivity index (χ1) is 22.6. The molecule has 0 aliphatic rings. The number of carboxylic acid groups (broad SMARTS) is 1. The number of ether oxygens (including phenoxy) is 1. The summed E-state index contributed by atoms with van der Waals surface area (Å²) in [6, 6.07) is 0. The van der Waals surface area contributed by atoms with Gasteiger partial charge in [0.2, 0.25) is 0 Å². The van der Waals surface area contributed by atoms with E-state index in [0.717, 1.165) is 77.0 Å². The summed E-state index contributed by atoms with van der Waals surface area (Å²) in [5, 5.41) is 8.78. The van der Waals surface area contributed by atoms with E-state index < -0.39 is 5.97 Å². The second-order valence-electron chi connectivity index (χ2n) is 13.8. The molecule has 0 amide bonds. The SMILES string of the molecule is CCCCC/C=C\C/C=C\CCCCCCCCCCCC(=O)OC(CCCCCCCCCC)CCCCCCCCC(=O)O. The molecule has 0 aliphatic heterocycles. The maximum absolute atomic E-state index is 12.7. The quantitative estimate of drug-likeness (QED) is 0.0414. The number of carbonyl (C=O) groups excluding carboxylic acids is 1. The minimum absolute atomic E-state index is 0.00952. The largest absolute Gasteiger partial charge is 0.481 e. The van der Waals surface area contributed by atoms with Gasteiger partial charge in [-0.05, 0) is 70.6 Å². The van der Waals surface area contributed by atoms with E-state index in [9.17, 15) is 9.59 Å². The normalized spacial score (nSPS) is 12.4. The molecule has 0 fully saturated rings. The lowest BCUT2D eigenvalue weighted by Gasteiger charge is -2.18. The molecule has 0 aromatic carbocycles. The zero-order chi connectivity index (χ0) is 33.6. The molecule has 0 aromatic rings. The smallest absolute Gasteiger partial charge is 0.306 e. The Hall–Kier alpha value is -1.58. The summed E-state index contributed by atoms with van der Waals surface area (Å²) >= 11 is 0. The summed E-state index contributed by atoms with van der Waals surface area (Å²) in [5.41, 5.74) is 0. The van der Waals surface area contributed by atoms with Gasteiger partial charge in [-0.15, -0.1) is 0 Å². The summed E-state index contributed by atoms with van der Waals surface area (Å²) in [6.45, 7) is 4.52. The number of aliphatic carboxylic acids is 1. The van der Waals surface area contributed by atoms with E-state index in [1.165, 1.54) is 122 Å². The van der Waals surface area contributed by atoms with E-state index in [-0.39, 0.29) is 18.5 Å². The standard InChI is InChI=1S/C42H78O4/c1-3-5-7-9-11-13-14-15-16-17-18-19-20-21-22-23-25-31-35-39-42(45)46-40(36-32-28-24-12-10-8-6-4-2)37-33-29-26-27-30-34-38-41(43)44/h11,13,15-16,40H,3-10,12,14,17-39H2,1-2H3,(H,43,44)/b13-11-,16-15-. The van der Waals surface area contributed by atoms with E-state index in [2.05, 4.69) is 38.2 Å². The van der Waals surface area contributed by atoms with Gasteiger partial charge in [0.25, 0.3) is 0 Å². The molecule has 0 radical (unpaired) electrons. The highest BCUT2D eigenvalue weighted by Gasteiger charge is 2.14. The second-order valence-corrected chi connectivity index (χ2v) is 13.8. The lowest BCUT2D eigenvalue weighted by molar-refractivity contribution is -0.150. The third kappa shape index (κ3) is 36.9. The number of allylic oxidation sites excluding steroid dienone is 4. The Morgan fingerprint density at radius 1 is 0.478 bits per heavy atom. The van der Waals surface area contributed by atoms with Crippen LogP contribution in [0, 0.1) is 0 Å². The number of hydrogen-bond acceptors (Lipinski definition) is 3. The summed E-state index contributed by atoms with van der Waals surface area (Å²) in [4.78, 5) is 23.3. The third-order valence-electron chi connectivity index (χ3n) is 9.18. The fourth-order valence-corrected chi connectivity index (χ4v) is 6.16. The van der Waals surface area contributed by atoms with Gasteiger partial charge in [-0.25, -0.2) is 0 Å². The highest BCUT2D eigenvalue weighted by Crippen LogP contribution is 2.19.